The number of amides is 1. The van der Waals surface area contributed by atoms with Gasteiger partial charge in [-0.3, -0.25) is 4.79 Å². The maximum atomic E-state index is 13.0. The van der Waals surface area contributed by atoms with E-state index < -0.39 is 10.0 Å². The molecule has 0 unspecified atom stereocenters. The standard InChI is InChI=1S/C23H34N4O3S/c1-26(2)23(13-7-3-4-8-14-23)18-25-22(28)19-11-15-27(16-12-19)31(29,30)21-10-6-5-9-20(21)17-24/h5-6,9-10,19H,3-4,7-8,11-16,18H2,1-2H3,(H,25,28). The van der Waals surface area contributed by atoms with Gasteiger partial charge in [-0.05, 0) is 51.9 Å². The molecule has 1 heterocycles. The van der Waals surface area contributed by atoms with Gasteiger partial charge >= 0.3 is 0 Å². The van der Waals surface area contributed by atoms with Crippen molar-refractivity contribution in [1.29, 1.82) is 5.26 Å². The van der Waals surface area contributed by atoms with Crippen LogP contribution in [0.5, 0.6) is 0 Å². The van der Waals surface area contributed by atoms with Crippen LogP contribution in [0.25, 0.3) is 0 Å². The molecule has 2 aliphatic rings. The van der Waals surface area contributed by atoms with Crippen molar-refractivity contribution in [1.82, 2.24) is 14.5 Å². The van der Waals surface area contributed by atoms with Crippen molar-refractivity contribution < 1.29 is 13.2 Å². The lowest BCUT2D eigenvalue weighted by Gasteiger charge is -2.40. The van der Waals surface area contributed by atoms with Crippen LogP contribution in [0.4, 0.5) is 0 Å². The number of piperidine rings is 1. The van der Waals surface area contributed by atoms with Crippen LogP contribution in [0, 0.1) is 17.2 Å². The fourth-order valence-electron chi connectivity index (χ4n) is 4.85. The molecule has 0 bridgehead atoms. The van der Waals surface area contributed by atoms with Gasteiger partial charge in [0.25, 0.3) is 0 Å². The number of nitrogens with one attached hydrogen (secondary N) is 1. The number of sulfonamides is 1. The largest absolute Gasteiger partial charge is 0.354 e. The molecule has 1 aromatic rings. The summed E-state index contributed by atoms with van der Waals surface area (Å²) in [5.41, 5.74) is 0.164. The average Bonchev–Trinajstić information content (AvgIpc) is 3.04. The van der Waals surface area contributed by atoms with Crippen LogP contribution >= 0.6 is 0 Å². The van der Waals surface area contributed by atoms with E-state index in [-0.39, 0.29) is 27.8 Å². The monoisotopic (exact) mass is 446 g/mol. The summed E-state index contributed by atoms with van der Waals surface area (Å²) in [5, 5.41) is 12.4. The molecule has 31 heavy (non-hydrogen) atoms. The first-order valence-corrected chi connectivity index (χ1v) is 12.7. The fourth-order valence-corrected chi connectivity index (χ4v) is 6.46. The van der Waals surface area contributed by atoms with Crippen molar-refractivity contribution in [3.8, 4) is 6.07 Å². The third kappa shape index (κ3) is 5.28. The number of likely N-dealkylation sites (N-methyl/N-ethyl adjacent to an activating group) is 1. The van der Waals surface area contributed by atoms with E-state index in [9.17, 15) is 18.5 Å². The van der Waals surface area contributed by atoms with Gasteiger partial charge in [0.05, 0.1) is 10.5 Å². The minimum absolute atomic E-state index is 0.0111. The van der Waals surface area contributed by atoms with Crippen molar-refractivity contribution in [3.63, 3.8) is 0 Å². The molecule has 8 heteroatoms. The first-order chi connectivity index (χ1) is 14.8. The minimum atomic E-state index is -3.74. The molecule has 0 aromatic heterocycles. The van der Waals surface area contributed by atoms with E-state index in [1.165, 1.54) is 42.1 Å². The SMILES string of the molecule is CN(C)C1(CNC(=O)C2CCN(S(=O)(=O)c3ccccc3C#N)CC2)CCCCCC1. The summed E-state index contributed by atoms with van der Waals surface area (Å²) in [6, 6.07) is 8.23. The van der Waals surface area contributed by atoms with Gasteiger partial charge in [0.2, 0.25) is 15.9 Å². The second kappa shape index (κ2) is 10.1. The first kappa shape index (κ1) is 23.7. The summed E-state index contributed by atoms with van der Waals surface area (Å²) in [5.74, 6) is -0.150. The second-order valence-electron chi connectivity index (χ2n) is 9.04. The zero-order valence-electron chi connectivity index (χ0n) is 18.6. The number of rotatable bonds is 6. The highest BCUT2D eigenvalue weighted by atomic mass is 32.2. The van der Waals surface area contributed by atoms with Gasteiger partial charge in [0, 0.05) is 31.1 Å². The van der Waals surface area contributed by atoms with Gasteiger partial charge in [-0.1, -0.05) is 37.8 Å². The highest BCUT2D eigenvalue weighted by Gasteiger charge is 2.36. The Morgan fingerprint density at radius 3 is 2.35 bits per heavy atom. The van der Waals surface area contributed by atoms with Crippen molar-refractivity contribution in [2.45, 2.75) is 61.8 Å². The number of carbonyl (C=O) groups is 1. The van der Waals surface area contributed by atoms with E-state index in [1.807, 2.05) is 6.07 Å². The van der Waals surface area contributed by atoms with E-state index in [0.29, 0.717) is 32.5 Å². The summed E-state index contributed by atoms with van der Waals surface area (Å²) in [6.45, 7) is 1.23. The van der Waals surface area contributed by atoms with Crippen LogP contribution < -0.4 is 5.32 Å². The Kier molecular flexibility index (Phi) is 7.73. The molecule has 1 amide bonds. The van der Waals surface area contributed by atoms with E-state index in [1.54, 1.807) is 12.1 Å². The third-order valence-corrected chi connectivity index (χ3v) is 8.98. The smallest absolute Gasteiger partial charge is 0.244 e. The molecule has 3 rings (SSSR count). The number of hydrogen-bond donors (Lipinski definition) is 1. The van der Waals surface area contributed by atoms with Crippen molar-refractivity contribution in [2.24, 2.45) is 5.92 Å². The van der Waals surface area contributed by atoms with Crippen LogP contribution in [-0.4, -0.2) is 62.8 Å². The van der Waals surface area contributed by atoms with Gasteiger partial charge in [0.1, 0.15) is 6.07 Å². The lowest BCUT2D eigenvalue weighted by molar-refractivity contribution is -0.126. The number of carbonyl (C=O) groups excluding carboxylic acids is 1. The predicted molar refractivity (Wildman–Crippen MR) is 120 cm³/mol. The zero-order valence-corrected chi connectivity index (χ0v) is 19.5. The average molecular weight is 447 g/mol. The fraction of sp³-hybridized carbons (Fsp3) is 0.652. The van der Waals surface area contributed by atoms with E-state index in [4.69, 9.17) is 0 Å². The van der Waals surface area contributed by atoms with Crippen molar-refractivity contribution in [2.75, 3.05) is 33.7 Å². The third-order valence-electron chi connectivity index (χ3n) is 7.02. The number of nitriles is 1. The summed E-state index contributed by atoms with van der Waals surface area (Å²) in [4.78, 5) is 15.2. The van der Waals surface area contributed by atoms with Gasteiger partial charge in [-0.2, -0.15) is 9.57 Å². The number of nitrogens with zero attached hydrogens (tertiary/aromatic N) is 3. The van der Waals surface area contributed by atoms with Gasteiger partial charge in [-0.25, -0.2) is 8.42 Å². The lowest BCUT2D eigenvalue weighted by atomic mass is 9.88. The quantitative estimate of drug-likeness (QED) is 0.678. The van der Waals surface area contributed by atoms with Crippen LogP contribution in [-0.2, 0) is 14.8 Å². The van der Waals surface area contributed by atoms with Crippen molar-refractivity contribution in [3.05, 3.63) is 29.8 Å². The molecule has 0 atom stereocenters. The van der Waals surface area contributed by atoms with Crippen LogP contribution in [0.1, 0.15) is 56.9 Å². The molecular weight excluding hydrogens is 412 g/mol. The molecule has 1 saturated heterocycles. The Morgan fingerprint density at radius 1 is 1.16 bits per heavy atom. The molecule has 1 saturated carbocycles. The predicted octanol–water partition coefficient (Wildman–Crippen LogP) is 2.73. The highest BCUT2D eigenvalue weighted by Crippen LogP contribution is 2.31. The van der Waals surface area contributed by atoms with Gasteiger partial charge in [-0.15, -0.1) is 0 Å². The molecule has 170 valence electrons. The Bertz CT molecular complexity index is 907. The Morgan fingerprint density at radius 2 is 1.77 bits per heavy atom. The maximum absolute atomic E-state index is 13.0. The van der Waals surface area contributed by atoms with Gasteiger partial charge in [0.15, 0.2) is 0 Å². The molecule has 1 aliphatic heterocycles. The summed E-state index contributed by atoms with van der Waals surface area (Å²) < 4.78 is 27.4. The van der Waals surface area contributed by atoms with E-state index in [2.05, 4.69) is 24.3 Å². The topological polar surface area (TPSA) is 93.5 Å². The Hall–Kier alpha value is -1.95. The molecular formula is C23H34N4O3S. The molecule has 1 aliphatic carbocycles. The molecule has 0 radical (unpaired) electrons. The zero-order chi connectivity index (χ0) is 22.5. The molecule has 0 spiro atoms. The van der Waals surface area contributed by atoms with Crippen LogP contribution in [0.3, 0.4) is 0 Å². The summed E-state index contributed by atoms with van der Waals surface area (Å²) in [6.07, 6.45) is 8.06. The Balaban J connectivity index is 1.59. The molecule has 1 aromatic carbocycles. The van der Waals surface area contributed by atoms with Crippen molar-refractivity contribution >= 4 is 15.9 Å². The first-order valence-electron chi connectivity index (χ1n) is 11.2. The minimum Gasteiger partial charge on any atom is -0.354 e. The van der Waals surface area contributed by atoms with Crippen LogP contribution in [0.15, 0.2) is 29.2 Å². The van der Waals surface area contributed by atoms with E-state index in [0.717, 1.165) is 12.8 Å². The molecule has 1 N–H and O–H groups in total. The summed E-state index contributed by atoms with van der Waals surface area (Å²) >= 11 is 0. The maximum Gasteiger partial charge on any atom is 0.244 e. The Labute approximate surface area is 186 Å². The lowest BCUT2D eigenvalue weighted by Crippen LogP contribution is -2.53. The summed E-state index contributed by atoms with van der Waals surface area (Å²) in [7, 11) is 0.458. The number of benzene rings is 1. The van der Waals surface area contributed by atoms with Crippen LogP contribution in [0.2, 0.25) is 0 Å². The second-order valence-corrected chi connectivity index (χ2v) is 10.9. The normalized spacial score (nSPS) is 20.7. The molecule has 2 fully saturated rings. The van der Waals surface area contributed by atoms with E-state index >= 15 is 0 Å². The van der Waals surface area contributed by atoms with Gasteiger partial charge < -0.3 is 10.2 Å². The molecule has 7 nitrogen and oxygen atoms in total. The number of hydrogen-bond acceptors (Lipinski definition) is 5. The highest BCUT2D eigenvalue weighted by molar-refractivity contribution is 7.89.